The summed E-state index contributed by atoms with van der Waals surface area (Å²) in [7, 11) is 0. The molecule has 0 aliphatic rings. The van der Waals surface area contributed by atoms with Gasteiger partial charge in [-0.2, -0.15) is 0 Å². The van der Waals surface area contributed by atoms with E-state index in [9.17, 15) is 9.18 Å². The summed E-state index contributed by atoms with van der Waals surface area (Å²) in [5.74, 6) is -0.941. The summed E-state index contributed by atoms with van der Waals surface area (Å²) in [6.07, 6.45) is 2.24. The maximum Gasteiger partial charge on any atom is 0.142 e. The van der Waals surface area contributed by atoms with Crippen LogP contribution in [0.4, 0.5) is 10.1 Å². The molecular weight excluding hydrogens is 408 g/mol. The Bertz CT molecular complexity index is 838. The number of halogens is 3. The highest BCUT2D eigenvalue weighted by Crippen LogP contribution is 2.45. The lowest BCUT2D eigenvalue weighted by molar-refractivity contribution is -0.121. The quantitative estimate of drug-likeness (QED) is 0.450. The molecule has 0 fully saturated rings. The fourth-order valence-corrected chi connectivity index (χ4v) is 3.97. The van der Waals surface area contributed by atoms with Gasteiger partial charge in [-0.25, -0.2) is 4.39 Å². The van der Waals surface area contributed by atoms with Crippen LogP contribution in [-0.2, 0) is 4.79 Å². The maximum absolute atomic E-state index is 14.3. The number of hydrogen-bond donors (Lipinski definition) is 1. The zero-order valence-corrected chi connectivity index (χ0v) is 19.2. The van der Waals surface area contributed by atoms with Crippen molar-refractivity contribution in [2.75, 3.05) is 5.32 Å². The molecule has 0 saturated carbocycles. The Labute approximate surface area is 184 Å². The third-order valence-corrected chi connectivity index (χ3v) is 5.56. The highest BCUT2D eigenvalue weighted by molar-refractivity contribution is 6.31. The van der Waals surface area contributed by atoms with E-state index in [1.165, 1.54) is 12.3 Å². The Morgan fingerprint density at radius 1 is 1.24 bits per heavy atom. The summed E-state index contributed by atoms with van der Waals surface area (Å²) in [6.45, 7) is 13.2. The van der Waals surface area contributed by atoms with Crippen LogP contribution in [-0.4, -0.2) is 5.78 Å². The molecule has 0 spiro atoms. The van der Waals surface area contributed by atoms with Crippen LogP contribution in [0.1, 0.15) is 64.0 Å². The Kier molecular flexibility index (Phi) is 10.4. The average molecular weight is 438 g/mol. The smallest absolute Gasteiger partial charge is 0.142 e. The number of rotatable bonds is 8. The van der Waals surface area contributed by atoms with E-state index in [-0.39, 0.29) is 28.6 Å². The largest absolute Gasteiger partial charge is 0.362 e. The van der Waals surface area contributed by atoms with Crippen molar-refractivity contribution in [3.05, 3.63) is 76.2 Å². The third kappa shape index (κ3) is 6.32. The van der Waals surface area contributed by atoms with Crippen LogP contribution in [0.15, 0.2) is 49.2 Å². The van der Waals surface area contributed by atoms with Crippen LogP contribution < -0.4 is 5.32 Å². The predicted molar refractivity (Wildman–Crippen MR) is 124 cm³/mol. The van der Waals surface area contributed by atoms with Crippen molar-refractivity contribution < 1.29 is 9.18 Å². The minimum Gasteiger partial charge on any atom is -0.362 e. The summed E-state index contributed by atoms with van der Waals surface area (Å²) in [5.41, 5.74) is 2.40. The monoisotopic (exact) mass is 437 g/mol. The van der Waals surface area contributed by atoms with Gasteiger partial charge in [-0.05, 0) is 60.9 Å². The van der Waals surface area contributed by atoms with Crippen molar-refractivity contribution in [3.63, 3.8) is 0 Å². The van der Waals surface area contributed by atoms with E-state index < -0.39 is 5.82 Å². The van der Waals surface area contributed by atoms with Gasteiger partial charge in [-0.15, -0.1) is 0 Å². The molecule has 1 N–H and O–H groups in total. The zero-order chi connectivity index (χ0) is 22.1. The SMILES string of the molecule is C=CNc1cc(Cl)c(F)cc1C(CC)[C@@H](c1cccc(Cl)c1)[C@@H](C)C(C)=O.CC. The van der Waals surface area contributed by atoms with Crippen molar-refractivity contribution in [1.29, 1.82) is 0 Å². The van der Waals surface area contributed by atoms with Crippen molar-refractivity contribution in [1.82, 2.24) is 0 Å². The molecule has 0 saturated heterocycles. The van der Waals surface area contributed by atoms with Crippen molar-refractivity contribution in [2.24, 2.45) is 5.92 Å². The first-order valence-electron chi connectivity index (χ1n) is 9.92. The molecule has 1 unspecified atom stereocenters. The molecule has 0 aromatic heterocycles. The molecule has 0 radical (unpaired) electrons. The number of carbonyl (C=O) groups is 1. The van der Waals surface area contributed by atoms with Gasteiger partial charge in [-0.1, -0.05) is 69.6 Å². The lowest BCUT2D eigenvalue weighted by atomic mass is 9.72. The molecule has 29 heavy (non-hydrogen) atoms. The van der Waals surface area contributed by atoms with Gasteiger partial charge in [-0.3, -0.25) is 4.79 Å². The predicted octanol–water partition coefficient (Wildman–Crippen LogP) is 8.22. The van der Waals surface area contributed by atoms with Gasteiger partial charge in [0.15, 0.2) is 0 Å². The van der Waals surface area contributed by atoms with Crippen LogP contribution >= 0.6 is 23.2 Å². The maximum atomic E-state index is 14.3. The summed E-state index contributed by atoms with van der Waals surface area (Å²) in [6, 6.07) is 10.5. The lowest BCUT2D eigenvalue weighted by Crippen LogP contribution is -2.24. The van der Waals surface area contributed by atoms with Crippen LogP contribution in [0.5, 0.6) is 0 Å². The summed E-state index contributed by atoms with van der Waals surface area (Å²) >= 11 is 12.2. The number of anilines is 1. The first kappa shape index (κ1) is 25.2. The lowest BCUT2D eigenvalue weighted by Gasteiger charge is -2.32. The molecule has 3 atom stereocenters. The van der Waals surface area contributed by atoms with Crippen LogP contribution in [0, 0.1) is 11.7 Å². The molecule has 5 heteroatoms. The Morgan fingerprint density at radius 2 is 1.90 bits per heavy atom. The first-order valence-corrected chi connectivity index (χ1v) is 10.7. The average Bonchev–Trinajstić information content (AvgIpc) is 2.70. The van der Waals surface area contributed by atoms with Crippen LogP contribution in [0.25, 0.3) is 0 Å². The highest BCUT2D eigenvalue weighted by atomic mass is 35.5. The number of ketones is 1. The normalized spacial score (nSPS) is 13.5. The second-order valence-corrected chi connectivity index (χ2v) is 7.54. The van der Waals surface area contributed by atoms with Gasteiger partial charge in [0, 0.05) is 22.5 Å². The van der Waals surface area contributed by atoms with Gasteiger partial charge in [0.25, 0.3) is 0 Å². The van der Waals surface area contributed by atoms with Gasteiger partial charge >= 0.3 is 0 Å². The van der Waals surface area contributed by atoms with E-state index >= 15 is 0 Å². The van der Waals surface area contributed by atoms with E-state index in [0.29, 0.717) is 17.1 Å². The Morgan fingerprint density at radius 3 is 2.41 bits per heavy atom. The standard InChI is InChI=1S/C22H24Cl2FNO.C2H6/c1-5-17(18-11-20(25)19(24)12-21(18)26-6-2)22(13(3)14(4)27)15-8-7-9-16(23)10-15;1-2/h6-13,17,22,26H,2,5H2,1,3-4H3;1-2H3/t13-,17?,22+;/m0./s1. The van der Waals surface area contributed by atoms with Gasteiger partial charge < -0.3 is 5.32 Å². The van der Waals surface area contributed by atoms with Gasteiger partial charge in [0.1, 0.15) is 11.6 Å². The van der Waals surface area contributed by atoms with Crippen molar-refractivity contribution in [2.45, 2.75) is 52.9 Å². The molecule has 2 rings (SSSR count). The van der Waals surface area contributed by atoms with E-state index in [2.05, 4.69) is 11.9 Å². The Balaban J connectivity index is 0.00000204. The first-order chi connectivity index (χ1) is 13.8. The minimum absolute atomic E-state index is 0.0388. The molecule has 0 amide bonds. The van der Waals surface area contributed by atoms with E-state index in [0.717, 1.165) is 11.1 Å². The van der Waals surface area contributed by atoms with Gasteiger partial charge in [0.2, 0.25) is 0 Å². The molecule has 0 bridgehead atoms. The van der Waals surface area contributed by atoms with E-state index in [1.54, 1.807) is 19.1 Å². The number of carbonyl (C=O) groups excluding carboxylic acids is 1. The number of hydrogen-bond acceptors (Lipinski definition) is 2. The molecule has 2 nitrogen and oxygen atoms in total. The molecule has 0 aliphatic carbocycles. The third-order valence-electron chi connectivity index (χ3n) is 5.04. The molecule has 0 heterocycles. The summed E-state index contributed by atoms with van der Waals surface area (Å²) < 4.78 is 14.3. The van der Waals surface area contributed by atoms with Crippen LogP contribution in [0.3, 0.4) is 0 Å². The number of benzene rings is 2. The molecule has 158 valence electrons. The fourth-order valence-electron chi connectivity index (χ4n) is 3.61. The minimum atomic E-state index is -0.486. The van der Waals surface area contributed by atoms with Crippen molar-refractivity contribution >= 4 is 34.7 Å². The summed E-state index contributed by atoms with van der Waals surface area (Å²) in [5, 5.41) is 3.69. The molecule has 0 aliphatic heterocycles. The summed E-state index contributed by atoms with van der Waals surface area (Å²) in [4.78, 5) is 12.3. The van der Waals surface area contributed by atoms with Gasteiger partial charge in [0.05, 0.1) is 5.02 Å². The molecule has 2 aromatic carbocycles. The fraction of sp³-hybridized carbons (Fsp3) is 0.375. The topological polar surface area (TPSA) is 29.1 Å². The highest BCUT2D eigenvalue weighted by Gasteiger charge is 2.33. The number of Topliss-reactive ketones (excluding diaryl/α,β-unsaturated/α-hetero) is 1. The zero-order valence-electron chi connectivity index (χ0n) is 17.7. The van der Waals surface area contributed by atoms with E-state index in [4.69, 9.17) is 23.2 Å². The van der Waals surface area contributed by atoms with Crippen molar-refractivity contribution in [3.8, 4) is 0 Å². The second-order valence-electron chi connectivity index (χ2n) is 6.70. The molecular formula is C24H30Cl2FNO. The Hall–Kier alpha value is -1.84. The van der Waals surface area contributed by atoms with Crippen LogP contribution in [0.2, 0.25) is 10.0 Å². The van der Waals surface area contributed by atoms with E-state index in [1.807, 2.05) is 45.9 Å². The molecule has 2 aromatic rings. The number of nitrogens with one attached hydrogen (secondary N) is 1. The second kappa shape index (κ2) is 12.0.